The molecule has 21 heavy (non-hydrogen) atoms. The van der Waals surface area contributed by atoms with E-state index in [-0.39, 0.29) is 5.69 Å². The van der Waals surface area contributed by atoms with Crippen LogP contribution in [-0.2, 0) is 0 Å². The van der Waals surface area contributed by atoms with E-state index in [9.17, 15) is 10.1 Å². The van der Waals surface area contributed by atoms with Gasteiger partial charge in [-0.15, -0.1) is 0 Å². The predicted molar refractivity (Wildman–Crippen MR) is 82.9 cm³/mol. The van der Waals surface area contributed by atoms with Crippen molar-refractivity contribution < 1.29 is 4.92 Å². The van der Waals surface area contributed by atoms with Gasteiger partial charge in [-0.3, -0.25) is 10.1 Å². The monoisotopic (exact) mass is 304 g/mol. The second-order valence-corrected chi connectivity index (χ2v) is 5.50. The molecule has 0 spiro atoms. The first-order chi connectivity index (χ1) is 10.0. The molecule has 110 valence electrons. The highest BCUT2D eigenvalue weighted by Crippen LogP contribution is 2.32. The fourth-order valence-corrected chi connectivity index (χ4v) is 2.71. The van der Waals surface area contributed by atoms with E-state index in [2.05, 4.69) is 15.3 Å². The van der Waals surface area contributed by atoms with E-state index in [4.69, 9.17) is 0 Å². The van der Waals surface area contributed by atoms with E-state index >= 15 is 0 Å². The van der Waals surface area contributed by atoms with Crippen molar-refractivity contribution in [2.45, 2.75) is 30.7 Å². The molecular formula is C14H16N4O2S. The SMILES string of the molecule is CCNc1nc(C)nc(Sc2ccc([N+](=O)[O-])cc2)c1C. The lowest BCUT2D eigenvalue weighted by atomic mass is 10.3. The fourth-order valence-electron chi connectivity index (χ4n) is 1.79. The normalized spacial score (nSPS) is 10.4. The largest absolute Gasteiger partial charge is 0.370 e. The molecule has 0 saturated carbocycles. The van der Waals surface area contributed by atoms with Crippen LogP contribution < -0.4 is 5.32 Å². The highest BCUT2D eigenvalue weighted by atomic mass is 32.2. The van der Waals surface area contributed by atoms with Crippen molar-refractivity contribution in [2.75, 3.05) is 11.9 Å². The molecule has 0 saturated heterocycles. The highest BCUT2D eigenvalue weighted by molar-refractivity contribution is 7.99. The number of aryl methyl sites for hydroxylation is 1. The molecular weight excluding hydrogens is 288 g/mol. The molecule has 0 unspecified atom stereocenters. The summed E-state index contributed by atoms with van der Waals surface area (Å²) in [5.41, 5.74) is 1.06. The van der Waals surface area contributed by atoms with Gasteiger partial charge in [-0.1, -0.05) is 11.8 Å². The van der Waals surface area contributed by atoms with Crippen LogP contribution in [0.15, 0.2) is 34.2 Å². The van der Waals surface area contributed by atoms with Crippen LogP contribution in [0.2, 0.25) is 0 Å². The number of anilines is 1. The molecule has 0 aliphatic rings. The number of nitrogens with zero attached hydrogens (tertiary/aromatic N) is 3. The van der Waals surface area contributed by atoms with Crippen LogP contribution in [0, 0.1) is 24.0 Å². The molecule has 0 atom stereocenters. The van der Waals surface area contributed by atoms with Gasteiger partial charge in [-0.25, -0.2) is 9.97 Å². The van der Waals surface area contributed by atoms with Crippen molar-refractivity contribution in [3.63, 3.8) is 0 Å². The smallest absolute Gasteiger partial charge is 0.269 e. The molecule has 2 aromatic rings. The molecule has 0 aliphatic carbocycles. The molecule has 1 heterocycles. The van der Waals surface area contributed by atoms with Crippen LogP contribution in [-0.4, -0.2) is 21.4 Å². The Kier molecular flexibility index (Phi) is 4.74. The minimum Gasteiger partial charge on any atom is -0.370 e. The van der Waals surface area contributed by atoms with Crippen LogP contribution in [0.5, 0.6) is 0 Å². The summed E-state index contributed by atoms with van der Waals surface area (Å²) in [6.07, 6.45) is 0. The highest BCUT2D eigenvalue weighted by Gasteiger charge is 2.11. The molecule has 6 nitrogen and oxygen atoms in total. The summed E-state index contributed by atoms with van der Waals surface area (Å²) < 4.78 is 0. The van der Waals surface area contributed by atoms with Crippen molar-refractivity contribution in [1.82, 2.24) is 9.97 Å². The van der Waals surface area contributed by atoms with Crippen LogP contribution in [0.25, 0.3) is 0 Å². The second-order valence-electron chi connectivity index (χ2n) is 4.43. The lowest BCUT2D eigenvalue weighted by Gasteiger charge is -2.11. The summed E-state index contributed by atoms with van der Waals surface area (Å²) in [7, 11) is 0. The van der Waals surface area contributed by atoms with Crippen LogP contribution >= 0.6 is 11.8 Å². The van der Waals surface area contributed by atoms with E-state index in [0.29, 0.717) is 5.82 Å². The zero-order chi connectivity index (χ0) is 15.4. The molecule has 0 fully saturated rings. The second kappa shape index (κ2) is 6.53. The summed E-state index contributed by atoms with van der Waals surface area (Å²) in [5.74, 6) is 1.52. The van der Waals surface area contributed by atoms with Crippen LogP contribution in [0.4, 0.5) is 11.5 Å². The number of non-ortho nitro benzene ring substituents is 1. The number of nitrogens with one attached hydrogen (secondary N) is 1. The van der Waals surface area contributed by atoms with Gasteiger partial charge >= 0.3 is 0 Å². The van der Waals surface area contributed by atoms with Gasteiger partial charge in [0, 0.05) is 29.1 Å². The van der Waals surface area contributed by atoms with Crippen LogP contribution in [0.1, 0.15) is 18.3 Å². The molecule has 7 heteroatoms. The average molecular weight is 304 g/mol. The van der Waals surface area contributed by atoms with E-state index in [1.54, 1.807) is 12.1 Å². The Morgan fingerprint density at radius 1 is 1.24 bits per heavy atom. The maximum Gasteiger partial charge on any atom is 0.269 e. The number of benzene rings is 1. The van der Waals surface area contributed by atoms with Crippen molar-refractivity contribution in [3.8, 4) is 0 Å². The summed E-state index contributed by atoms with van der Waals surface area (Å²) in [5, 5.41) is 14.7. The molecule has 1 aromatic carbocycles. The average Bonchev–Trinajstić information content (AvgIpc) is 2.44. The maximum absolute atomic E-state index is 10.7. The summed E-state index contributed by atoms with van der Waals surface area (Å²) >= 11 is 1.48. The summed E-state index contributed by atoms with van der Waals surface area (Å²) in [6, 6.07) is 6.45. The Hall–Kier alpha value is -2.15. The Labute approximate surface area is 127 Å². The third-order valence-electron chi connectivity index (χ3n) is 2.82. The first-order valence-corrected chi connectivity index (χ1v) is 7.34. The summed E-state index contributed by atoms with van der Waals surface area (Å²) in [4.78, 5) is 20.0. The van der Waals surface area contributed by atoms with Crippen molar-refractivity contribution in [1.29, 1.82) is 0 Å². The van der Waals surface area contributed by atoms with Gasteiger partial charge < -0.3 is 5.32 Å². The molecule has 1 N–H and O–H groups in total. The first-order valence-electron chi connectivity index (χ1n) is 6.52. The van der Waals surface area contributed by atoms with E-state index in [0.717, 1.165) is 27.8 Å². The minimum atomic E-state index is -0.405. The van der Waals surface area contributed by atoms with Gasteiger partial charge in [-0.2, -0.15) is 0 Å². The Balaban J connectivity index is 2.28. The standard InChI is InChI=1S/C14H16N4O2S/c1-4-15-13-9(2)14(17-10(3)16-13)21-12-7-5-11(6-8-12)18(19)20/h5-8H,4H2,1-3H3,(H,15,16,17). The number of nitro groups is 1. The third-order valence-corrected chi connectivity index (χ3v) is 3.92. The van der Waals surface area contributed by atoms with Gasteiger partial charge in [0.25, 0.3) is 5.69 Å². The zero-order valence-corrected chi connectivity index (χ0v) is 12.9. The number of nitro benzene ring substituents is 1. The van der Waals surface area contributed by atoms with E-state index in [1.807, 2.05) is 20.8 Å². The summed E-state index contributed by atoms with van der Waals surface area (Å²) in [6.45, 7) is 6.62. The third kappa shape index (κ3) is 3.69. The molecule has 0 bridgehead atoms. The number of hydrogen-bond donors (Lipinski definition) is 1. The van der Waals surface area contributed by atoms with Crippen molar-refractivity contribution >= 4 is 23.3 Å². The van der Waals surface area contributed by atoms with Gasteiger partial charge in [0.1, 0.15) is 16.7 Å². The molecule has 1 aromatic heterocycles. The molecule has 0 amide bonds. The predicted octanol–water partition coefficient (Wildman–Crippen LogP) is 3.58. The van der Waals surface area contributed by atoms with Crippen LogP contribution in [0.3, 0.4) is 0 Å². The lowest BCUT2D eigenvalue weighted by molar-refractivity contribution is -0.384. The minimum absolute atomic E-state index is 0.0864. The number of rotatable bonds is 5. The number of aromatic nitrogens is 2. The van der Waals surface area contributed by atoms with E-state index < -0.39 is 4.92 Å². The topological polar surface area (TPSA) is 81.0 Å². The van der Waals surface area contributed by atoms with Gasteiger partial charge in [-0.05, 0) is 32.9 Å². The number of hydrogen-bond acceptors (Lipinski definition) is 6. The molecule has 0 radical (unpaired) electrons. The Morgan fingerprint density at radius 2 is 1.90 bits per heavy atom. The molecule has 0 aliphatic heterocycles. The van der Waals surface area contributed by atoms with E-state index in [1.165, 1.54) is 23.9 Å². The Morgan fingerprint density at radius 3 is 2.48 bits per heavy atom. The fraction of sp³-hybridized carbons (Fsp3) is 0.286. The quantitative estimate of drug-likeness (QED) is 0.516. The maximum atomic E-state index is 10.7. The molecule has 2 rings (SSSR count). The van der Waals surface area contributed by atoms with Crippen molar-refractivity contribution in [2.24, 2.45) is 0 Å². The first kappa shape index (κ1) is 15.2. The Bertz CT molecular complexity index is 659. The van der Waals surface area contributed by atoms with Crippen molar-refractivity contribution in [3.05, 3.63) is 45.8 Å². The lowest BCUT2D eigenvalue weighted by Crippen LogP contribution is -2.05. The van der Waals surface area contributed by atoms with Gasteiger partial charge in [0.2, 0.25) is 0 Å². The van der Waals surface area contributed by atoms with Gasteiger partial charge in [0.05, 0.1) is 4.92 Å². The van der Waals surface area contributed by atoms with Gasteiger partial charge in [0.15, 0.2) is 0 Å². The zero-order valence-electron chi connectivity index (χ0n) is 12.1.